The first-order valence-electron chi connectivity index (χ1n) is 4.82. The minimum Gasteiger partial charge on any atom is -0.383 e. The topological polar surface area (TPSA) is 53.1 Å². The Balaban J connectivity index is 1.99. The molecule has 1 fully saturated rings. The molecule has 2 rings (SSSR count). The largest absolute Gasteiger partial charge is 0.383 e. The smallest absolute Gasteiger partial charge is 0.140 e. The maximum Gasteiger partial charge on any atom is 0.140 e. The van der Waals surface area contributed by atoms with Crippen LogP contribution in [0, 0.1) is 5.92 Å². The molecule has 1 atom stereocenters. The predicted molar refractivity (Wildman–Crippen MR) is 55.2 cm³/mol. The van der Waals surface area contributed by atoms with E-state index in [9.17, 15) is 0 Å². The van der Waals surface area contributed by atoms with Crippen molar-refractivity contribution in [3.63, 3.8) is 0 Å². The molecule has 1 aromatic rings. The fraction of sp³-hybridized carbons (Fsp3) is 0.667. The molecular weight excluding hydrogens is 202 g/mol. The van der Waals surface area contributed by atoms with Gasteiger partial charge in [-0.05, 0) is 12.8 Å². The third kappa shape index (κ3) is 2.01. The number of nitrogens with two attached hydrogens (primary N) is 1. The summed E-state index contributed by atoms with van der Waals surface area (Å²) in [6.07, 6.45) is 3.89. The Labute approximate surface area is 88.0 Å². The lowest BCUT2D eigenvalue weighted by Gasteiger charge is -2.22. The van der Waals surface area contributed by atoms with E-state index >= 15 is 0 Å². The van der Waals surface area contributed by atoms with E-state index in [1.807, 2.05) is 0 Å². The van der Waals surface area contributed by atoms with Gasteiger partial charge in [0.1, 0.15) is 10.8 Å². The van der Waals surface area contributed by atoms with Gasteiger partial charge in [0.2, 0.25) is 0 Å². The number of hydrogen-bond acceptors (Lipinski definition) is 3. The lowest BCUT2D eigenvalue weighted by Crippen LogP contribution is -2.23. The first kappa shape index (κ1) is 9.80. The molecule has 1 unspecified atom stereocenters. The number of nitrogen functional groups attached to an aromatic ring is 1. The summed E-state index contributed by atoms with van der Waals surface area (Å²) >= 11 is 5.81. The third-order valence-corrected chi connectivity index (χ3v) is 2.81. The van der Waals surface area contributed by atoms with E-state index in [1.54, 1.807) is 10.9 Å². The van der Waals surface area contributed by atoms with Gasteiger partial charge in [0, 0.05) is 19.1 Å². The van der Waals surface area contributed by atoms with Crippen molar-refractivity contribution in [2.45, 2.75) is 19.4 Å². The number of nitrogens with zero attached hydrogens (tertiary/aromatic N) is 2. The molecule has 4 nitrogen and oxygen atoms in total. The van der Waals surface area contributed by atoms with Crippen LogP contribution in [0.5, 0.6) is 0 Å². The summed E-state index contributed by atoms with van der Waals surface area (Å²) in [5, 5.41) is 4.64. The second kappa shape index (κ2) is 4.19. The molecule has 2 N–H and O–H groups in total. The second-order valence-electron chi connectivity index (χ2n) is 3.64. The maximum absolute atomic E-state index is 5.81. The SMILES string of the molecule is Nc1c(Cl)cnn1CC1CCCOC1. The molecule has 0 radical (unpaired) electrons. The molecule has 0 bridgehead atoms. The normalized spacial score (nSPS) is 22.5. The zero-order valence-electron chi connectivity index (χ0n) is 7.95. The van der Waals surface area contributed by atoms with Gasteiger partial charge in [0.15, 0.2) is 0 Å². The highest BCUT2D eigenvalue weighted by atomic mass is 35.5. The molecule has 78 valence electrons. The van der Waals surface area contributed by atoms with Crippen LogP contribution in [-0.4, -0.2) is 23.0 Å². The van der Waals surface area contributed by atoms with Crippen molar-refractivity contribution in [2.75, 3.05) is 18.9 Å². The Bertz CT molecular complexity index is 307. The summed E-state index contributed by atoms with van der Waals surface area (Å²) < 4.78 is 7.14. The van der Waals surface area contributed by atoms with Crippen LogP contribution >= 0.6 is 11.6 Å². The van der Waals surface area contributed by atoms with Gasteiger partial charge < -0.3 is 10.5 Å². The molecule has 0 saturated carbocycles. The van der Waals surface area contributed by atoms with Crippen molar-refractivity contribution in [2.24, 2.45) is 5.92 Å². The Hall–Kier alpha value is -0.740. The lowest BCUT2D eigenvalue weighted by atomic mass is 10.0. The first-order chi connectivity index (χ1) is 6.77. The standard InChI is InChI=1S/C9H14ClN3O/c10-8-4-12-13(9(8)11)5-7-2-1-3-14-6-7/h4,7H,1-3,5-6,11H2. The highest BCUT2D eigenvalue weighted by Crippen LogP contribution is 2.21. The van der Waals surface area contributed by atoms with Gasteiger partial charge in [-0.25, -0.2) is 4.68 Å². The second-order valence-corrected chi connectivity index (χ2v) is 4.05. The fourth-order valence-electron chi connectivity index (χ4n) is 1.71. The van der Waals surface area contributed by atoms with Gasteiger partial charge in [-0.2, -0.15) is 5.10 Å². The van der Waals surface area contributed by atoms with E-state index in [1.165, 1.54) is 6.42 Å². The van der Waals surface area contributed by atoms with Gasteiger partial charge in [-0.15, -0.1) is 0 Å². The summed E-state index contributed by atoms with van der Waals surface area (Å²) in [5.41, 5.74) is 5.75. The number of hydrogen-bond donors (Lipinski definition) is 1. The van der Waals surface area contributed by atoms with Crippen molar-refractivity contribution >= 4 is 17.4 Å². The molecule has 0 amide bonds. The van der Waals surface area contributed by atoms with Crippen LogP contribution < -0.4 is 5.73 Å². The first-order valence-corrected chi connectivity index (χ1v) is 5.19. The Kier molecular flexibility index (Phi) is 2.93. The van der Waals surface area contributed by atoms with E-state index in [2.05, 4.69) is 5.10 Å². The van der Waals surface area contributed by atoms with Gasteiger partial charge >= 0.3 is 0 Å². The fourth-order valence-corrected chi connectivity index (χ4v) is 1.85. The van der Waals surface area contributed by atoms with Gasteiger partial charge in [0.05, 0.1) is 12.8 Å². The Morgan fingerprint density at radius 1 is 1.71 bits per heavy atom. The summed E-state index contributed by atoms with van der Waals surface area (Å²) in [6.45, 7) is 2.49. The van der Waals surface area contributed by atoms with Crippen molar-refractivity contribution in [3.8, 4) is 0 Å². The quantitative estimate of drug-likeness (QED) is 0.815. The number of rotatable bonds is 2. The number of anilines is 1. The zero-order chi connectivity index (χ0) is 9.97. The Morgan fingerprint density at radius 3 is 3.14 bits per heavy atom. The monoisotopic (exact) mass is 215 g/mol. The Morgan fingerprint density at radius 2 is 2.57 bits per heavy atom. The molecule has 0 aromatic carbocycles. The summed E-state index contributed by atoms with van der Waals surface area (Å²) in [7, 11) is 0. The summed E-state index contributed by atoms with van der Waals surface area (Å²) in [6, 6.07) is 0. The predicted octanol–water partition coefficient (Wildman–Crippen LogP) is 1.55. The molecule has 14 heavy (non-hydrogen) atoms. The van der Waals surface area contributed by atoms with Crippen molar-refractivity contribution in [3.05, 3.63) is 11.2 Å². The molecule has 2 heterocycles. The number of aromatic nitrogens is 2. The van der Waals surface area contributed by atoms with Crippen molar-refractivity contribution in [1.29, 1.82) is 0 Å². The molecule has 1 aromatic heterocycles. The molecule has 0 aliphatic carbocycles. The zero-order valence-corrected chi connectivity index (χ0v) is 8.70. The molecule has 0 spiro atoms. The summed E-state index contributed by atoms with van der Waals surface area (Å²) in [4.78, 5) is 0. The van der Waals surface area contributed by atoms with E-state index in [4.69, 9.17) is 22.1 Å². The van der Waals surface area contributed by atoms with Crippen molar-refractivity contribution < 1.29 is 4.74 Å². The lowest BCUT2D eigenvalue weighted by molar-refractivity contribution is 0.0472. The van der Waals surface area contributed by atoms with E-state index in [0.29, 0.717) is 16.8 Å². The van der Waals surface area contributed by atoms with E-state index in [0.717, 1.165) is 26.2 Å². The minimum absolute atomic E-state index is 0.516. The summed E-state index contributed by atoms with van der Waals surface area (Å²) in [5.74, 6) is 1.07. The van der Waals surface area contributed by atoms with Gasteiger partial charge in [0.25, 0.3) is 0 Å². The molecule has 1 aliphatic rings. The van der Waals surface area contributed by atoms with Crippen LogP contribution in [0.4, 0.5) is 5.82 Å². The third-order valence-electron chi connectivity index (χ3n) is 2.52. The highest BCUT2D eigenvalue weighted by molar-refractivity contribution is 6.32. The van der Waals surface area contributed by atoms with Crippen LogP contribution in [0.1, 0.15) is 12.8 Å². The van der Waals surface area contributed by atoms with Gasteiger partial charge in [-0.1, -0.05) is 11.6 Å². The molecule has 5 heteroatoms. The van der Waals surface area contributed by atoms with Crippen LogP contribution in [-0.2, 0) is 11.3 Å². The number of ether oxygens (including phenoxy) is 1. The highest BCUT2D eigenvalue weighted by Gasteiger charge is 2.16. The van der Waals surface area contributed by atoms with Gasteiger partial charge in [-0.3, -0.25) is 0 Å². The molecular formula is C9H14ClN3O. The number of halogens is 1. The van der Waals surface area contributed by atoms with E-state index in [-0.39, 0.29) is 0 Å². The van der Waals surface area contributed by atoms with Crippen LogP contribution in [0.15, 0.2) is 6.20 Å². The average Bonchev–Trinajstić information content (AvgIpc) is 2.52. The van der Waals surface area contributed by atoms with Crippen LogP contribution in [0.3, 0.4) is 0 Å². The maximum atomic E-state index is 5.81. The molecule has 1 aliphatic heterocycles. The van der Waals surface area contributed by atoms with Crippen molar-refractivity contribution in [1.82, 2.24) is 9.78 Å². The van der Waals surface area contributed by atoms with E-state index < -0.39 is 0 Å². The molecule has 1 saturated heterocycles. The average molecular weight is 216 g/mol. The van der Waals surface area contributed by atoms with Crippen LogP contribution in [0.25, 0.3) is 0 Å². The van der Waals surface area contributed by atoms with Crippen LogP contribution in [0.2, 0.25) is 5.02 Å². The minimum atomic E-state index is 0.516.